The van der Waals surface area contributed by atoms with Crippen LogP contribution in [0, 0.1) is 29.2 Å². The van der Waals surface area contributed by atoms with Crippen molar-refractivity contribution in [3.05, 3.63) is 34.9 Å². The number of nitrogens with one attached hydrogen (secondary N) is 1. The first-order valence-corrected chi connectivity index (χ1v) is 6.08. The summed E-state index contributed by atoms with van der Waals surface area (Å²) in [6.45, 7) is 0.164. The number of carbonyl (C=O) groups excluding carboxylic acids is 1. The molecule has 1 saturated carbocycles. The lowest BCUT2D eigenvalue weighted by Gasteiger charge is -2.17. The minimum Gasteiger partial charge on any atom is -0.383 e. The number of carbonyl (C=O) groups is 1. The first-order chi connectivity index (χ1) is 9.45. The third-order valence-electron chi connectivity index (χ3n) is 3.19. The van der Waals surface area contributed by atoms with E-state index in [-0.39, 0.29) is 18.6 Å². The van der Waals surface area contributed by atoms with Crippen molar-refractivity contribution in [3.8, 4) is 0 Å². The Balaban J connectivity index is 2.24. The van der Waals surface area contributed by atoms with Crippen LogP contribution in [0.5, 0.6) is 0 Å². The molecule has 0 aromatic heterocycles. The molecule has 1 aromatic rings. The molecule has 7 heteroatoms. The van der Waals surface area contributed by atoms with Gasteiger partial charge in [0.05, 0.1) is 12.6 Å². The number of methoxy groups -OCH3 is 1. The highest BCUT2D eigenvalue weighted by Gasteiger charge is 2.34. The Morgan fingerprint density at radius 1 is 1.30 bits per heavy atom. The average molecular weight is 291 g/mol. The van der Waals surface area contributed by atoms with Gasteiger partial charge in [0.25, 0.3) is 5.91 Å². The number of rotatable bonds is 5. The van der Waals surface area contributed by atoms with Crippen LogP contribution in [0.4, 0.5) is 17.6 Å². The number of amides is 1. The summed E-state index contributed by atoms with van der Waals surface area (Å²) < 4.78 is 57.9. The predicted molar refractivity (Wildman–Crippen MR) is 62.1 cm³/mol. The summed E-state index contributed by atoms with van der Waals surface area (Å²) >= 11 is 0. The van der Waals surface area contributed by atoms with E-state index in [1.54, 1.807) is 0 Å². The first kappa shape index (κ1) is 14.8. The smallest absolute Gasteiger partial charge is 0.257 e. The van der Waals surface area contributed by atoms with Crippen LogP contribution in [0.15, 0.2) is 6.07 Å². The highest BCUT2D eigenvalue weighted by molar-refractivity contribution is 5.95. The van der Waals surface area contributed by atoms with Crippen molar-refractivity contribution in [2.24, 2.45) is 5.92 Å². The molecule has 1 aromatic carbocycles. The van der Waals surface area contributed by atoms with E-state index < -0.39 is 40.8 Å². The molecule has 20 heavy (non-hydrogen) atoms. The second kappa shape index (κ2) is 5.78. The lowest BCUT2D eigenvalue weighted by molar-refractivity contribution is 0.0873. The van der Waals surface area contributed by atoms with Gasteiger partial charge in [0.2, 0.25) is 0 Å². The Morgan fingerprint density at radius 2 is 1.85 bits per heavy atom. The van der Waals surface area contributed by atoms with Gasteiger partial charge in [-0.1, -0.05) is 0 Å². The minimum atomic E-state index is -1.70. The molecule has 0 saturated heterocycles. The largest absolute Gasteiger partial charge is 0.383 e. The summed E-state index contributed by atoms with van der Waals surface area (Å²) in [7, 11) is 1.42. The van der Waals surface area contributed by atoms with E-state index in [1.165, 1.54) is 7.11 Å². The maximum atomic E-state index is 13.5. The fourth-order valence-corrected chi connectivity index (χ4v) is 1.99. The lowest BCUT2D eigenvalue weighted by atomic mass is 10.1. The van der Waals surface area contributed by atoms with Gasteiger partial charge in [-0.15, -0.1) is 0 Å². The molecule has 1 atom stereocenters. The Bertz CT molecular complexity index is 505. The molecule has 1 amide bonds. The van der Waals surface area contributed by atoms with Crippen molar-refractivity contribution in [3.63, 3.8) is 0 Å². The van der Waals surface area contributed by atoms with Gasteiger partial charge in [-0.25, -0.2) is 17.6 Å². The van der Waals surface area contributed by atoms with Crippen molar-refractivity contribution in [1.29, 1.82) is 0 Å². The number of ether oxygens (including phenoxy) is 1. The fourth-order valence-electron chi connectivity index (χ4n) is 1.99. The van der Waals surface area contributed by atoms with Gasteiger partial charge in [-0.3, -0.25) is 4.79 Å². The minimum absolute atomic E-state index is 0.0645. The number of hydrogen-bond acceptors (Lipinski definition) is 2. The molecular formula is C13H13F4NO2. The molecule has 0 unspecified atom stereocenters. The fraction of sp³-hybridized carbons (Fsp3) is 0.462. The van der Waals surface area contributed by atoms with E-state index in [2.05, 4.69) is 5.32 Å². The van der Waals surface area contributed by atoms with Crippen LogP contribution in [0.2, 0.25) is 0 Å². The number of halogens is 4. The quantitative estimate of drug-likeness (QED) is 0.668. The van der Waals surface area contributed by atoms with Crippen LogP contribution < -0.4 is 5.32 Å². The molecule has 0 radical (unpaired) electrons. The lowest BCUT2D eigenvalue weighted by Crippen LogP contribution is -2.40. The molecule has 1 aliphatic rings. The Morgan fingerprint density at radius 3 is 2.30 bits per heavy atom. The van der Waals surface area contributed by atoms with Crippen LogP contribution >= 0.6 is 0 Å². The summed E-state index contributed by atoms with van der Waals surface area (Å²) in [5, 5.41) is 2.36. The third kappa shape index (κ3) is 2.92. The third-order valence-corrected chi connectivity index (χ3v) is 3.19. The Labute approximate surface area is 112 Å². The predicted octanol–water partition coefficient (Wildman–Crippen LogP) is 2.40. The zero-order chi connectivity index (χ0) is 14.9. The summed E-state index contributed by atoms with van der Waals surface area (Å²) in [5.74, 6) is -7.65. The molecule has 2 rings (SSSR count). The van der Waals surface area contributed by atoms with Gasteiger partial charge in [0.15, 0.2) is 23.3 Å². The van der Waals surface area contributed by atoms with E-state index in [0.717, 1.165) is 12.8 Å². The van der Waals surface area contributed by atoms with Gasteiger partial charge in [0.1, 0.15) is 5.56 Å². The molecule has 0 spiro atoms. The average Bonchev–Trinajstić information content (AvgIpc) is 3.20. The number of benzene rings is 1. The molecule has 1 fully saturated rings. The second-order valence-corrected chi connectivity index (χ2v) is 4.72. The standard InChI is InChI=1S/C13H13F4NO2/c1-20-5-9(6-2-3-6)18-13(19)10-11(16)7(14)4-8(15)12(10)17/h4,6,9H,2-3,5H2,1H3,(H,18,19)/t9-/m1/s1. The molecule has 3 nitrogen and oxygen atoms in total. The van der Waals surface area contributed by atoms with Crippen molar-refractivity contribution < 1.29 is 27.1 Å². The van der Waals surface area contributed by atoms with Gasteiger partial charge >= 0.3 is 0 Å². The number of hydrogen-bond donors (Lipinski definition) is 1. The molecule has 0 heterocycles. The van der Waals surface area contributed by atoms with Crippen molar-refractivity contribution >= 4 is 5.91 Å². The van der Waals surface area contributed by atoms with Crippen LogP contribution in [0.25, 0.3) is 0 Å². The topological polar surface area (TPSA) is 38.3 Å². The summed E-state index contributed by atoms with van der Waals surface area (Å²) in [6, 6.07) is -0.368. The Kier molecular flexibility index (Phi) is 4.27. The van der Waals surface area contributed by atoms with E-state index in [4.69, 9.17) is 4.74 Å². The highest BCUT2D eigenvalue weighted by Crippen LogP contribution is 2.33. The molecule has 0 bridgehead atoms. The molecule has 0 aliphatic heterocycles. The van der Waals surface area contributed by atoms with Crippen LogP contribution in [0.1, 0.15) is 23.2 Å². The SMILES string of the molecule is COC[C@@H](NC(=O)c1c(F)c(F)cc(F)c1F)C1CC1. The van der Waals surface area contributed by atoms with Crippen molar-refractivity contribution in [1.82, 2.24) is 5.32 Å². The van der Waals surface area contributed by atoms with Crippen molar-refractivity contribution in [2.75, 3.05) is 13.7 Å². The molecule has 1 N–H and O–H groups in total. The normalized spacial score (nSPS) is 16.1. The van der Waals surface area contributed by atoms with Crippen LogP contribution in [-0.2, 0) is 4.74 Å². The second-order valence-electron chi connectivity index (χ2n) is 4.72. The van der Waals surface area contributed by atoms with Crippen LogP contribution in [-0.4, -0.2) is 25.7 Å². The van der Waals surface area contributed by atoms with Gasteiger partial charge in [-0.05, 0) is 18.8 Å². The zero-order valence-electron chi connectivity index (χ0n) is 10.7. The molecule has 110 valence electrons. The molecular weight excluding hydrogens is 278 g/mol. The van der Waals surface area contributed by atoms with E-state index in [9.17, 15) is 22.4 Å². The van der Waals surface area contributed by atoms with E-state index in [1.807, 2.05) is 0 Å². The Hall–Kier alpha value is -1.63. The van der Waals surface area contributed by atoms with Gasteiger partial charge in [-0.2, -0.15) is 0 Å². The monoisotopic (exact) mass is 291 g/mol. The first-order valence-electron chi connectivity index (χ1n) is 6.08. The summed E-state index contributed by atoms with van der Waals surface area (Å²) in [4.78, 5) is 11.8. The van der Waals surface area contributed by atoms with E-state index >= 15 is 0 Å². The molecule has 1 aliphatic carbocycles. The summed E-state index contributed by atoms with van der Waals surface area (Å²) in [6.07, 6.45) is 1.72. The summed E-state index contributed by atoms with van der Waals surface area (Å²) in [5.41, 5.74) is -1.25. The van der Waals surface area contributed by atoms with E-state index in [0.29, 0.717) is 0 Å². The highest BCUT2D eigenvalue weighted by atomic mass is 19.2. The van der Waals surface area contributed by atoms with Crippen molar-refractivity contribution in [2.45, 2.75) is 18.9 Å². The zero-order valence-corrected chi connectivity index (χ0v) is 10.7. The maximum Gasteiger partial charge on any atom is 0.257 e. The maximum absolute atomic E-state index is 13.5. The van der Waals surface area contributed by atoms with Crippen LogP contribution in [0.3, 0.4) is 0 Å². The van der Waals surface area contributed by atoms with Gasteiger partial charge < -0.3 is 10.1 Å². The van der Waals surface area contributed by atoms with Gasteiger partial charge in [0, 0.05) is 13.2 Å².